The Balaban J connectivity index is 2.00. The first-order valence-corrected chi connectivity index (χ1v) is 6.56. The first kappa shape index (κ1) is 14.2. The van der Waals surface area contributed by atoms with Gasteiger partial charge in [-0.15, -0.1) is 0 Å². The Bertz CT molecular complexity index is 484. The fourth-order valence-corrected chi connectivity index (χ4v) is 2.33. The Kier molecular flexibility index (Phi) is 4.04. The molecule has 1 saturated carbocycles. The summed E-state index contributed by atoms with van der Waals surface area (Å²) in [5.41, 5.74) is 1.30. The molecule has 6 heteroatoms. The lowest BCUT2D eigenvalue weighted by Crippen LogP contribution is -2.31. The molecule has 0 aromatic carbocycles. The van der Waals surface area contributed by atoms with Gasteiger partial charge in [-0.25, -0.2) is 13.8 Å². The molecule has 0 aliphatic heterocycles. The van der Waals surface area contributed by atoms with Crippen LogP contribution in [0.5, 0.6) is 0 Å². The van der Waals surface area contributed by atoms with Crippen molar-refractivity contribution in [2.75, 3.05) is 5.32 Å². The molecule has 0 radical (unpaired) electrons. The summed E-state index contributed by atoms with van der Waals surface area (Å²) in [6, 6.07) is 1.71. The van der Waals surface area contributed by atoms with E-state index in [1.165, 1.54) is 0 Å². The second-order valence-electron chi connectivity index (χ2n) is 4.97. The van der Waals surface area contributed by atoms with Gasteiger partial charge >= 0.3 is 0 Å². The number of rotatable bonds is 2. The molecular weight excluding hydrogens is 274 g/mol. The van der Waals surface area contributed by atoms with Crippen molar-refractivity contribution in [1.82, 2.24) is 4.98 Å². The van der Waals surface area contributed by atoms with Crippen molar-refractivity contribution in [3.05, 3.63) is 23.0 Å². The minimum absolute atomic E-state index is 0.204. The summed E-state index contributed by atoms with van der Waals surface area (Å²) in [7, 11) is 0. The minimum atomic E-state index is -2.63. The Morgan fingerprint density at radius 2 is 2.11 bits per heavy atom. The van der Waals surface area contributed by atoms with E-state index in [9.17, 15) is 13.6 Å². The highest BCUT2D eigenvalue weighted by molar-refractivity contribution is 6.32. The molecule has 1 aliphatic rings. The zero-order valence-electron chi connectivity index (χ0n) is 10.5. The minimum Gasteiger partial charge on any atom is -0.323 e. The van der Waals surface area contributed by atoms with Crippen LogP contribution in [0.25, 0.3) is 0 Å². The molecule has 0 atom stereocenters. The second kappa shape index (κ2) is 5.41. The van der Waals surface area contributed by atoms with Crippen molar-refractivity contribution in [1.29, 1.82) is 0 Å². The first-order chi connectivity index (χ1) is 8.87. The maximum atomic E-state index is 13.0. The highest BCUT2D eigenvalue weighted by atomic mass is 35.5. The summed E-state index contributed by atoms with van der Waals surface area (Å²) >= 11 is 5.88. The maximum Gasteiger partial charge on any atom is 0.248 e. The van der Waals surface area contributed by atoms with Crippen LogP contribution in [0.1, 0.15) is 31.2 Å². The van der Waals surface area contributed by atoms with Crippen LogP contribution < -0.4 is 5.32 Å². The van der Waals surface area contributed by atoms with Crippen LogP contribution in [-0.4, -0.2) is 16.8 Å². The van der Waals surface area contributed by atoms with Crippen LogP contribution in [-0.2, 0) is 4.79 Å². The molecule has 0 saturated heterocycles. The number of nitrogens with zero attached hydrogens (tertiary/aromatic N) is 1. The standard InChI is InChI=1S/C13H15ClF2N2O/c1-8-6-10(11(14)17-7-8)18-12(19)9-2-4-13(15,16)5-3-9/h6-7,9H,2-5H2,1H3,(H,18,19). The van der Waals surface area contributed by atoms with Gasteiger partial charge < -0.3 is 5.32 Å². The van der Waals surface area contributed by atoms with Crippen molar-refractivity contribution in [3.63, 3.8) is 0 Å². The summed E-state index contributed by atoms with van der Waals surface area (Å²) in [6.07, 6.45) is 1.54. The van der Waals surface area contributed by atoms with E-state index in [2.05, 4.69) is 10.3 Å². The van der Waals surface area contributed by atoms with Gasteiger partial charge in [0.25, 0.3) is 0 Å². The van der Waals surface area contributed by atoms with Crippen LogP contribution >= 0.6 is 11.6 Å². The van der Waals surface area contributed by atoms with E-state index in [1.54, 1.807) is 12.3 Å². The Hall–Kier alpha value is -1.23. The summed E-state index contributed by atoms with van der Waals surface area (Å²) in [5, 5.41) is 2.88. The smallest absolute Gasteiger partial charge is 0.248 e. The number of anilines is 1. The maximum absolute atomic E-state index is 13.0. The molecule has 1 fully saturated rings. The van der Waals surface area contributed by atoms with E-state index in [0.29, 0.717) is 5.69 Å². The van der Waals surface area contributed by atoms with E-state index < -0.39 is 5.92 Å². The molecule has 1 amide bonds. The van der Waals surface area contributed by atoms with Gasteiger partial charge in [0, 0.05) is 25.0 Å². The Morgan fingerprint density at radius 1 is 1.47 bits per heavy atom. The molecular formula is C13H15ClF2N2O. The average molecular weight is 289 g/mol. The van der Waals surface area contributed by atoms with Gasteiger partial charge in [-0.05, 0) is 31.4 Å². The van der Waals surface area contributed by atoms with Crippen LogP contribution in [0.2, 0.25) is 5.15 Å². The van der Waals surface area contributed by atoms with Gasteiger partial charge in [0.05, 0.1) is 5.69 Å². The van der Waals surface area contributed by atoms with Crippen molar-refractivity contribution in [2.24, 2.45) is 5.92 Å². The number of nitrogens with one attached hydrogen (secondary N) is 1. The number of aryl methyl sites for hydroxylation is 1. The lowest BCUT2D eigenvalue weighted by Gasteiger charge is -2.27. The number of alkyl halides is 2. The number of halogens is 3. The number of hydrogen-bond donors (Lipinski definition) is 1. The van der Waals surface area contributed by atoms with E-state index in [0.717, 1.165) is 5.56 Å². The van der Waals surface area contributed by atoms with Gasteiger partial charge in [0.1, 0.15) is 0 Å². The topological polar surface area (TPSA) is 42.0 Å². The SMILES string of the molecule is Cc1cnc(Cl)c(NC(=O)C2CCC(F)(F)CC2)c1. The van der Waals surface area contributed by atoms with Crippen LogP contribution in [0, 0.1) is 12.8 Å². The van der Waals surface area contributed by atoms with E-state index >= 15 is 0 Å². The monoisotopic (exact) mass is 288 g/mol. The highest BCUT2D eigenvalue weighted by Crippen LogP contribution is 2.36. The van der Waals surface area contributed by atoms with Gasteiger partial charge in [-0.3, -0.25) is 4.79 Å². The number of carbonyl (C=O) groups excluding carboxylic acids is 1. The number of pyridine rings is 1. The zero-order valence-corrected chi connectivity index (χ0v) is 11.3. The quantitative estimate of drug-likeness (QED) is 0.841. The van der Waals surface area contributed by atoms with Crippen LogP contribution in [0.3, 0.4) is 0 Å². The van der Waals surface area contributed by atoms with Crippen LogP contribution in [0.15, 0.2) is 12.3 Å². The molecule has 3 nitrogen and oxygen atoms in total. The molecule has 104 valence electrons. The summed E-state index contributed by atoms with van der Waals surface area (Å²) < 4.78 is 26.0. The molecule has 1 aromatic heterocycles. The molecule has 1 N–H and O–H groups in total. The van der Waals surface area contributed by atoms with Gasteiger partial charge in [-0.1, -0.05) is 11.6 Å². The summed E-state index contributed by atoms with van der Waals surface area (Å²) in [4.78, 5) is 15.9. The Morgan fingerprint density at radius 3 is 2.74 bits per heavy atom. The van der Waals surface area contributed by atoms with Crippen molar-refractivity contribution in [2.45, 2.75) is 38.5 Å². The normalized spacial score (nSPS) is 19.2. The number of aromatic nitrogens is 1. The van der Waals surface area contributed by atoms with Gasteiger partial charge in [-0.2, -0.15) is 0 Å². The predicted octanol–water partition coefficient (Wildman–Crippen LogP) is 3.81. The van der Waals surface area contributed by atoms with Crippen molar-refractivity contribution < 1.29 is 13.6 Å². The number of carbonyl (C=O) groups is 1. The van der Waals surface area contributed by atoms with Crippen molar-refractivity contribution >= 4 is 23.2 Å². The zero-order chi connectivity index (χ0) is 14.0. The number of hydrogen-bond acceptors (Lipinski definition) is 2. The van der Waals surface area contributed by atoms with Crippen molar-refractivity contribution in [3.8, 4) is 0 Å². The second-order valence-corrected chi connectivity index (χ2v) is 5.33. The third kappa shape index (κ3) is 3.62. The molecule has 0 unspecified atom stereocenters. The highest BCUT2D eigenvalue weighted by Gasteiger charge is 2.37. The first-order valence-electron chi connectivity index (χ1n) is 6.18. The third-order valence-electron chi connectivity index (χ3n) is 3.32. The fourth-order valence-electron chi connectivity index (χ4n) is 2.18. The fraction of sp³-hybridized carbons (Fsp3) is 0.538. The summed E-state index contributed by atoms with van der Waals surface area (Å²) in [5.74, 6) is -3.26. The molecule has 0 bridgehead atoms. The van der Waals surface area contributed by atoms with Crippen LogP contribution in [0.4, 0.5) is 14.5 Å². The third-order valence-corrected chi connectivity index (χ3v) is 3.62. The largest absolute Gasteiger partial charge is 0.323 e. The average Bonchev–Trinajstić information content (AvgIpc) is 2.33. The lowest BCUT2D eigenvalue weighted by atomic mass is 9.86. The lowest BCUT2D eigenvalue weighted by molar-refractivity contribution is -0.124. The van der Waals surface area contributed by atoms with E-state index in [4.69, 9.17) is 11.6 Å². The molecule has 1 heterocycles. The molecule has 19 heavy (non-hydrogen) atoms. The predicted molar refractivity (Wildman–Crippen MR) is 69.5 cm³/mol. The van der Waals surface area contributed by atoms with E-state index in [-0.39, 0.29) is 42.7 Å². The summed E-state index contributed by atoms with van der Waals surface area (Å²) in [6.45, 7) is 1.83. The molecule has 0 spiro atoms. The van der Waals surface area contributed by atoms with Gasteiger partial charge in [0.2, 0.25) is 11.8 Å². The Labute approximate surface area is 115 Å². The molecule has 1 aliphatic carbocycles. The number of amides is 1. The molecule has 1 aromatic rings. The molecule has 2 rings (SSSR count). The van der Waals surface area contributed by atoms with Gasteiger partial charge in [0.15, 0.2) is 5.15 Å². The van der Waals surface area contributed by atoms with E-state index in [1.807, 2.05) is 6.92 Å².